The number of ether oxygens (including phenoxy) is 1. The Balaban J connectivity index is 1.93. The Morgan fingerprint density at radius 1 is 1.04 bits per heavy atom. The van der Waals surface area contributed by atoms with E-state index in [1.165, 1.54) is 25.1 Å². The average molecular weight is 385 g/mol. The van der Waals surface area contributed by atoms with Crippen molar-refractivity contribution in [1.82, 2.24) is 5.32 Å². The largest absolute Gasteiger partial charge is 0.452 e. The molecule has 0 aliphatic heterocycles. The maximum Gasteiger partial charge on any atom is 0.339 e. The lowest BCUT2D eigenvalue weighted by Gasteiger charge is -2.11. The third-order valence-electron chi connectivity index (χ3n) is 4.16. The zero-order valence-electron chi connectivity index (χ0n) is 15.6. The summed E-state index contributed by atoms with van der Waals surface area (Å²) >= 11 is 0. The second-order valence-electron chi connectivity index (χ2n) is 6.03. The number of aryl methyl sites for hydroxylation is 1. The molecule has 0 heterocycles. The number of hydrogen-bond acceptors (Lipinski definition) is 6. The molecule has 28 heavy (non-hydrogen) atoms. The summed E-state index contributed by atoms with van der Waals surface area (Å²) < 4.78 is 4.85. The van der Waals surface area contributed by atoms with E-state index >= 15 is 0 Å². The van der Waals surface area contributed by atoms with Crippen LogP contribution in [0.1, 0.15) is 27.0 Å². The number of nitro groups is 1. The molecule has 0 aliphatic carbocycles. The van der Waals surface area contributed by atoms with Crippen molar-refractivity contribution in [3.05, 3.63) is 68.8 Å². The van der Waals surface area contributed by atoms with Gasteiger partial charge in [0.2, 0.25) is 0 Å². The van der Waals surface area contributed by atoms with Crippen molar-refractivity contribution in [3.8, 4) is 0 Å². The quantitative estimate of drug-likeness (QED) is 0.463. The molecule has 2 aromatic carbocycles. The van der Waals surface area contributed by atoms with Gasteiger partial charge in [-0.3, -0.25) is 20.2 Å². The number of nitrogens with zero attached hydrogens (tertiary/aromatic N) is 1. The second-order valence-corrected chi connectivity index (χ2v) is 6.03. The minimum absolute atomic E-state index is 0.0261. The summed E-state index contributed by atoms with van der Waals surface area (Å²) in [6.45, 7) is 4.42. The summed E-state index contributed by atoms with van der Waals surface area (Å²) in [5, 5.41) is 15.5. The molecular formula is C19H19N3O6. The molecule has 0 bridgehead atoms. The molecule has 2 N–H and O–H groups in total. The number of nitro benzene ring substituents is 1. The van der Waals surface area contributed by atoms with Crippen molar-refractivity contribution < 1.29 is 24.0 Å². The van der Waals surface area contributed by atoms with Crippen molar-refractivity contribution in [3.63, 3.8) is 0 Å². The number of benzene rings is 2. The van der Waals surface area contributed by atoms with Gasteiger partial charge in [0.25, 0.3) is 11.6 Å². The molecule has 2 aromatic rings. The van der Waals surface area contributed by atoms with Gasteiger partial charge >= 0.3 is 12.0 Å². The van der Waals surface area contributed by atoms with E-state index < -0.39 is 29.4 Å². The van der Waals surface area contributed by atoms with Crippen molar-refractivity contribution >= 4 is 29.3 Å². The fraction of sp³-hybridized carbons (Fsp3) is 0.211. The molecule has 9 heteroatoms. The van der Waals surface area contributed by atoms with Crippen LogP contribution >= 0.6 is 0 Å². The third kappa shape index (κ3) is 4.91. The van der Waals surface area contributed by atoms with Crippen LogP contribution in [0.15, 0.2) is 36.4 Å². The van der Waals surface area contributed by atoms with E-state index in [0.717, 1.165) is 11.1 Å². The Bertz CT molecular complexity index is 955. The number of nitrogens with one attached hydrogen (secondary N) is 2. The van der Waals surface area contributed by atoms with E-state index in [-0.39, 0.29) is 16.8 Å². The highest BCUT2D eigenvalue weighted by Crippen LogP contribution is 2.21. The summed E-state index contributed by atoms with van der Waals surface area (Å²) in [6, 6.07) is 8.55. The fourth-order valence-electron chi connectivity index (χ4n) is 2.45. The highest BCUT2D eigenvalue weighted by Gasteiger charge is 2.20. The van der Waals surface area contributed by atoms with Crippen LogP contribution in [0.5, 0.6) is 0 Å². The van der Waals surface area contributed by atoms with Gasteiger partial charge in [0.05, 0.1) is 10.5 Å². The van der Waals surface area contributed by atoms with Crippen LogP contribution in [0, 0.1) is 30.9 Å². The van der Waals surface area contributed by atoms with Crippen LogP contribution in [0.3, 0.4) is 0 Å². The van der Waals surface area contributed by atoms with E-state index in [1.807, 2.05) is 19.9 Å². The standard InChI is InChI=1S/C19H19N3O6/c1-11-6-4-8-15(12(11)2)20-19(25)21-17(23)10-28-18(24)14-7-5-9-16(13(14)3)22(26)27/h4-9H,10H2,1-3H3,(H2,20,21,23,25). The van der Waals surface area contributed by atoms with Crippen molar-refractivity contribution in [2.24, 2.45) is 0 Å². The second kappa shape index (κ2) is 8.76. The maximum atomic E-state index is 12.1. The number of anilines is 1. The highest BCUT2D eigenvalue weighted by atomic mass is 16.6. The van der Waals surface area contributed by atoms with Gasteiger partial charge in [-0.2, -0.15) is 0 Å². The number of carbonyl (C=O) groups excluding carboxylic acids is 3. The fourth-order valence-corrected chi connectivity index (χ4v) is 2.45. The zero-order chi connectivity index (χ0) is 20.8. The summed E-state index contributed by atoms with van der Waals surface area (Å²) in [4.78, 5) is 46.1. The van der Waals surface area contributed by atoms with Crippen LogP contribution in [0.25, 0.3) is 0 Å². The number of amides is 3. The Kier molecular flexibility index (Phi) is 6.43. The van der Waals surface area contributed by atoms with Gasteiger partial charge in [0.15, 0.2) is 6.61 Å². The third-order valence-corrected chi connectivity index (χ3v) is 4.16. The molecule has 2 rings (SSSR count). The van der Waals surface area contributed by atoms with Crippen LogP contribution in [0.4, 0.5) is 16.2 Å². The van der Waals surface area contributed by atoms with E-state index in [1.54, 1.807) is 12.1 Å². The number of rotatable bonds is 5. The van der Waals surface area contributed by atoms with Gasteiger partial charge in [-0.15, -0.1) is 0 Å². The van der Waals surface area contributed by atoms with Crippen molar-refractivity contribution in [2.45, 2.75) is 20.8 Å². The minimum atomic E-state index is -0.897. The van der Waals surface area contributed by atoms with E-state index in [9.17, 15) is 24.5 Å². The van der Waals surface area contributed by atoms with E-state index in [0.29, 0.717) is 5.69 Å². The SMILES string of the molecule is Cc1cccc(NC(=O)NC(=O)COC(=O)c2cccc([N+](=O)[O-])c2C)c1C. The topological polar surface area (TPSA) is 128 Å². The molecule has 0 aromatic heterocycles. The van der Waals surface area contributed by atoms with Crippen LogP contribution < -0.4 is 10.6 Å². The first kappa shape index (κ1) is 20.6. The first-order chi connectivity index (χ1) is 13.2. The normalized spacial score (nSPS) is 10.1. The van der Waals surface area contributed by atoms with Gasteiger partial charge < -0.3 is 10.1 Å². The molecule has 3 amide bonds. The molecule has 0 fully saturated rings. The van der Waals surface area contributed by atoms with Crippen LogP contribution in [0.2, 0.25) is 0 Å². The number of carbonyl (C=O) groups is 3. The maximum absolute atomic E-state index is 12.1. The van der Waals surface area contributed by atoms with Gasteiger partial charge in [0, 0.05) is 17.3 Å². The van der Waals surface area contributed by atoms with Crippen LogP contribution in [-0.2, 0) is 9.53 Å². The predicted molar refractivity (Wildman–Crippen MR) is 101 cm³/mol. The molecular weight excluding hydrogens is 366 g/mol. The Morgan fingerprint density at radius 2 is 1.71 bits per heavy atom. The lowest BCUT2D eigenvalue weighted by atomic mass is 10.1. The van der Waals surface area contributed by atoms with Gasteiger partial charge in [-0.05, 0) is 44.0 Å². The average Bonchev–Trinajstić information content (AvgIpc) is 2.63. The summed E-state index contributed by atoms with van der Waals surface area (Å²) in [5.74, 6) is -1.73. The molecule has 0 atom stereocenters. The molecule has 0 saturated heterocycles. The van der Waals surface area contributed by atoms with E-state index in [4.69, 9.17) is 4.74 Å². The van der Waals surface area contributed by atoms with Gasteiger partial charge in [-0.25, -0.2) is 9.59 Å². The Hall–Kier alpha value is -3.75. The molecule has 0 radical (unpaired) electrons. The minimum Gasteiger partial charge on any atom is -0.452 e. The summed E-state index contributed by atoms with van der Waals surface area (Å²) in [6.07, 6.45) is 0. The monoisotopic (exact) mass is 385 g/mol. The predicted octanol–water partition coefficient (Wildman–Crippen LogP) is 3.03. The Morgan fingerprint density at radius 3 is 2.39 bits per heavy atom. The Labute approximate surface area is 160 Å². The number of urea groups is 1. The lowest BCUT2D eigenvalue weighted by molar-refractivity contribution is -0.385. The molecule has 0 saturated carbocycles. The zero-order valence-corrected chi connectivity index (χ0v) is 15.6. The number of imide groups is 1. The molecule has 0 spiro atoms. The number of hydrogen-bond donors (Lipinski definition) is 2. The first-order valence-electron chi connectivity index (χ1n) is 8.29. The summed E-state index contributed by atoms with van der Waals surface area (Å²) in [5.41, 5.74) is 2.26. The smallest absolute Gasteiger partial charge is 0.339 e. The lowest BCUT2D eigenvalue weighted by Crippen LogP contribution is -2.37. The van der Waals surface area contributed by atoms with Gasteiger partial charge in [0.1, 0.15) is 0 Å². The summed E-state index contributed by atoms with van der Waals surface area (Å²) in [7, 11) is 0. The number of esters is 1. The molecule has 0 aliphatic rings. The van der Waals surface area contributed by atoms with Gasteiger partial charge in [-0.1, -0.05) is 18.2 Å². The molecule has 146 valence electrons. The van der Waals surface area contributed by atoms with Crippen molar-refractivity contribution in [1.29, 1.82) is 0 Å². The highest BCUT2D eigenvalue weighted by molar-refractivity contribution is 6.02. The van der Waals surface area contributed by atoms with E-state index in [2.05, 4.69) is 10.6 Å². The van der Waals surface area contributed by atoms with Crippen LogP contribution in [-0.4, -0.2) is 29.4 Å². The first-order valence-corrected chi connectivity index (χ1v) is 8.29. The van der Waals surface area contributed by atoms with Crippen molar-refractivity contribution in [2.75, 3.05) is 11.9 Å². The molecule has 9 nitrogen and oxygen atoms in total. The molecule has 0 unspecified atom stereocenters.